The van der Waals surface area contributed by atoms with E-state index in [1.54, 1.807) is 48.5 Å². The van der Waals surface area contributed by atoms with E-state index in [-0.39, 0.29) is 46.0 Å². The van der Waals surface area contributed by atoms with E-state index in [0.717, 1.165) is 0 Å². The number of nitrogens with zero attached hydrogens (tertiary/aromatic N) is 2. The van der Waals surface area contributed by atoms with Gasteiger partial charge in [-0.25, -0.2) is 5.43 Å². The van der Waals surface area contributed by atoms with Crippen LogP contribution in [-0.2, 0) is 11.3 Å². The number of nitrogens with one attached hydrogen (secondary N) is 1. The van der Waals surface area contributed by atoms with Crippen molar-refractivity contribution in [2.45, 2.75) is 20.4 Å². The van der Waals surface area contributed by atoms with E-state index in [4.69, 9.17) is 27.9 Å². The molecule has 0 aromatic heterocycles. The van der Waals surface area contributed by atoms with Crippen LogP contribution in [0.5, 0.6) is 5.75 Å². The molecule has 0 unspecified atom stereocenters. The van der Waals surface area contributed by atoms with E-state index in [1.165, 1.54) is 18.2 Å². The fourth-order valence-corrected chi connectivity index (χ4v) is 4.69. The van der Waals surface area contributed by atoms with Crippen LogP contribution in [0.1, 0.15) is 45.7 Å². The highest BCUT2D eigenvalue weighted by Crippen LogP contribution is 2.59. The largest absolute Gasteiger partial charge is 0.496 e. The number of fused-ring (bicyclic) bond motifs is 1. The third-order valence-electron chi connectivity index (χ3n) is 6.40. The topological polar surface area (TPSA) is 88.1 Å². The predicted octanol–water partition coefficient (Wildman–Crippen LogP) is 4.53. The second-order valence-corrected chi connectivity index (χ2v) is 9.84. The van der Waals surface area contributed by atoms with Crippen LogP contribution < -0.4 is 10.2 Å². The van der Waals surface area contributed by atoms with E-state index in [9.17, 15) is 14.4 Å². The van der Waals surface area contributed by atoms with E-state index in [1.807, 2.05) is 13.8 Å². The summed E-state index contributed by atoms with van der Waals surface area (Å²) in [6, 6.07) is 12.0. The Hall–Kier alpha value is -3.16. The molecule has 1 N–H and O–H groups in total. The lowest BCUT2D eigenvalue weighted by atomic mass is 10.1. The van der Waals surface area contributed by atoms with Crippen molar-refractivity contribution in [2.24, 2.45) is 22.4 Å². The second-order valence-electron chi connectivity index (χ2n) is 8.83. The summed E-state index contributed by atoms with van der Waals surface area (Å²) in [5.74, 6) is -0.720. The van der Waals surface area contributed by atoms with Crippen LogP contribution in [-0.4, -0.2) is 35.9 Å². The average Bonchev–Trinajstić information content (AvgIpc) is 3.25. The monoisotopic (exact) mass is 499 g/mol. The zero-order valence-corrected chi connectivity index (χ0v) is 20.4. The SMILES string of the molecule is COc1ccc(/C=N\NC(=O)[C@H]2[C@H](C=C(Cl)Cl)C2(C)C)cc1CN1C(=O)c2ccccc2C1=O. The fraction of sp³-hybridized carbons (Fsp3) is 0.280. The van der Waals surface area contributed by atoms with E-state index >= 15 is 0 Å². The van der Waals surface area contributed by atoms with Crippen LogP contribution in [0.2, 0.25) is 0 Å². The molecule has 0 bridgehead atoms. The van der Waals surface area contributed by atoms with Gasteiger partial charge in [0.15, 0.2) is 0 Å². The number of methoxy groups -OCH3 is 1. The third kappa shape index (κ3) is 4.45. The average molecular weight is 500 g/mol. The Labute approximate surface area is 207 Å². The molecule has 1 heterocycles. The molecule has 3 amide bonds. The minimum absolute atomic E-state index is 0.0486. The van der Waals surface area contributed by atoms with Gasteiger partial charge < -0.3 is 4.74 Å². The standard InChI is InChI=1S/C25H23Cl2N3O4/c1-25(2)18(11-20(26)27)21(25)22(31)29-28-12-14-8-9-19(34-3)15(10-14)13-30-23(32)16-6-4-5-7-17(16)24(30)33/h4-12,18,21H,13H2,1-3H3,(H,29,31)/b28-12-/t18-,21+/m0/s1. The molecule has 34 heavy (non-hydrogen) atoms. The highest BCUT2D eigenvalue weighted by molar-refractivity contribution is 6.55. The Balaban J connectivity index is 1.47. The van der Waals surface area contributed by atoms with Crippen LogP contribution in [0.4, 0.5) is 0 Å². The number of carbonyl (C=O) groups is 3. The number of allylic oxidation sites excluding steroid dienone is 1. The first-order valence-corrected chi connectivity index (χ1v) is 11.4. The van der Waals surface area contributed by atoms with Crippen molar-refractivity contribution in [3.05, 3.63) is 75.3 Å². The maximum atomic E-state index is 12.7. The van der Waals surface area contributed by atoms with E-state index in [2.05, 4.69) is 10.5 Å². The summed E-state index contributed by atoms with van der Waals surface area (Å²) in [6.45, 7) is 3.98. The molecule has 1 aliphatic carbocycles. The lowest BCUT2D eigenvalue weighted by Gasteiger charge is -2.16. The van der Waals surface area contributed by atoms with Gasteiger partial charge in [-0.1, -0.05) is 49.2 Å². The van der Waals surface area contributed by atoms with Crippen LogP contribution in [0.3, 0.4) is 0 Å². The number of amides is 3. The summed E-state index contributed by atoms with van der Waals surface area (Å²) in [5.41, 5.74) is 4.39. The van der Waals surface area contributed by atoms with Gasteiger partial charge in [-0.2, -0.15) is 5.10 Å². The minimum atomic E-state index is -0.346. The third-order valence-corrected chi connectivity index (χ3v) is 6.65. The molecule has 4 rings (SSSR count). The minimum Gasteiger partial charge on any atom is -0.496 e. The number of imide groups is 1. The fourth-order valence-electron chi connectivity index (χ4n) is 4.42. The molecule has 9 heteroatoms. The highest BCUT2D eigenvalue weighted by atomic mass is 35.5. The Kier molecular flexibility index (Phi) is 6.51. The lowest BCUT2D eigenvalue weighted by Crippen LogP contribution is -2.29. The van der Waals surface area contributed by atoms with Gasteiger partial charge in [0.2, 0.25) is 5.91 Å². The van der Waals surface area contributed by atoms with Crippen LogP contribution in [0.25, 0.3) is 0 Å². The number of hydrogen-bond acceptors (Lipinski definition) is 5. The van der Waals surface area contributed by atoms with Crippen molar-refractivity contribution >= 4 is 47.1 Å². The molecule has 7 nitrogen and oxygen atoms in total. The molecule has 2 atom stereocenters. The summed E-state index contributed by atoms with van der Waals surface area (Å²) in [7, 11) is 1.52. The molecule has 1 saturated carbocycles. The predicted molar refractivity (Wildman–Crippen MR) is 130 cm³/mol. The summed E-state index contributed by atoms with van der Waals surface area (Å²) >= 11 is 11.5. The number of carbonyl (C=O) groups excluding carboxylic acids is 3. The quantitative estimate of drug-likeness (QED) is 0.344. The van der Waals surface area contributed by atoms with Crippen LogP contribution in [0, 0.1) is 17.3 Å². The van der Waals surface area contributed by atoms with Gasteiger partial charge in [-0.05, 0) is 53.3 Å². The van der Waals surface area contributed by atoms with Gasteiger partial charge in [0.25, 0.3) is 11.8 Å². The summed E-state index contributed by atoms with van der Waals surface area (Å²) in [5, 5.41) is 4.07. The van der Waals surface area contributed by atoms with Gasteiger partial charge in [-0.3, -0.25) is 19.3 Å². The van der Waals surface area contributed by atoms with Crippen LogP contribution >= 0.6 is 23.2 Å². The number of hydrogen-bond donors (Lipinski definition) is 1. The normalized spacial score (nSPS) is 20.3. The smallest absolute Gasteiger partial charge is 0.261 e. The van der Waals surface area contributed by atoms with Gasteiger partial charge in [-0.15, -0.1) is 0 Å². The first-order valence-electron chi connectivity index (χ1n) is 10.6. The molecule has 1 fully saturated rings. The Bertz CT molecular complexity index is 1200. The van der Waals surface area contributed by atoms with Crippen molar-refractivity contribution in [3.8, 4) is 5.75 Å². The molecule has 2 aromatic carbocycles. The Morgan fingerprint density at radius 3 is 2.38 bits per heavy atom. The van der Waals surface area contributed by atoms with Crippen molar-refractivity contribution in [1.82, 2.24) is 10.3 Å². The first kappa shape index (κ1) is 24.0. The van der Waals surface area contributed by atoms with Gasteiger partial charge in [0.05, 0.1) is 36.9 Å². The van der Waals surface area contributed by atoms with Crippen molar-refractivity contribution in [2.75, 3.05) is 7.11 Å². The molecular weight excluding hydrogens is 477 g/mol. The molecule has 2 aromatic rings. The molecule has 176 valence electrons. The maximum Gasteiger partial charge on any atom is 0.261 e. The van der Waals surface area contributed by atoms with Crippen molar-refractivity contribution in [3.63, 3.8) is 0 Å². The number of halogens is 2. The number of rotatable bonds is 7. The summed E-state index contributed by atoms with van der Waals surface area (Å²) in [4.78, 5) is 39.2. The zero-order valence-electron chi connectivity index (χ0n) is 18.8. The van der Waals surface area contributed by atoms with Gasteiger partial charge >= 0.3 is 0 Å². The molecule has 1 aliphatic heterocycles. The number of hydrazone groups is 1. The molecule has 0 saturated heterocycles. The molecule has 2 aliphatic rings. The second kappa shape index (κ2) is 9.24. The molecule has 0 spiro atoms. The van der Waals surface area contributed by atoms with Gasteiger partial charge in [0.1, 0.15) is 10.2 Å². The van der Waals surface area contributed by atoms with E-state index < -0.39 is 0 Å². The zero-order chi connectivity index (χ0) is 24.6. The van der Waals surface area contributed by atoms with Crippen molar-refractivity contribution < 1.29 is 19.1 Å². The first-order chi connectivity index (χ1) is 16.1. The Morgan fingerprint density at radius 1 is 1.15 bits per heavy atom. The summed E-state index contributed by atoms with van der Waals surface area (Å²) in [6.07, 6.45) is 3.17. The maximum absolute atomic E-state index is 12.7. The molecule has 0 radical (unpaired) electrons. The van der Waals surface area contributed by atoms with E-state index in [0.29, 0.717) is 28.0 Å². The lowest BCUT2D eigenvalue weighted by molar-refractivity contribution is -0.123. The number of benzene rings is 2. The number of ether oxygens (including phenoxy) is 1. The summed E-state index contributed by atoms with van der Waals surface area (Å²) < 4.78 is 5.56. The molecular formula is C25H23Cl2N3O4. The van der Waals surface area contributed by atoms with Crippen LogP contribution in [0.15, 0.2) is 58.1 Å². The van der Waals surface area contributed by atoms with Gasteiger partial charge in [0, 0.05) is 5.56 Å². The van der Waals surface area contributed by atoms with Crippen molar-refractivity contribution in [1.29, 1.82) is 0 Å². The Morgan fingerprint density at radius 2 is 1.79 bits per heavy atom. The highest BCUT2D eigenvalue weighted by Gasteiger charge is 2.60.